The summed E-state index contributed by atoms with van der Waals surface area (Å²) in [6, 6.07) is 14.3. The Hall–Kier alpha value is -4.40. The number of nitrogens with one attached hydrogen (secondary N) is 2. The second-order valence-electron chi connectivity index (χ2n) is 8.13. The molecule has 0 fully saturated rings. The van der Waals surface area contributed by atoms with E-state index in [2.05, 4.69) is 10.6 Å². The lowest BCUT2D eigenvalue weighted by molar-refractivity contribution is -0.130. The highest BCUT2D eigenvalue weighted by atomic mass is 19.1. The maximum Gasteiger partial charge on any atom is 0.293 e. The molecule has 1 heterocycles. The summed E-state index contributed by atoms with van der Waals surface area (Å²) >= 11 is 0. The molecule has 0 aromatic heterocycles. The number of para-hydroxylation sites is 1. The number of Topliss-reactive ketones (excluding diaryl/α,β-unsaturated/α-hetero) is 1. The molecule has 178 valence electrons. The topological polar surface area (TPSA) is 95.6 Å². The Morgan fingerprint density at radius 1 is 0.914 bits per heavy atom. The molecule has 0 spiro atoms. The SMILES string of the molecule is CC(NC(=O)C(=O)c1cc(F)cc(F)c1)C(=O)NC1C(=O)N(C)c2ccccc2-c2ccccc21. The molecule has 3 aromatic carbocycles. The van der Waals surface area contributed by atoms with Crippen LogP contribution in [0.25, 0.3) is 11.1 Å². The normalized spacial score (nSPS) is 15.4. The maximum atomic E-state index is 13.4. The Morgan fingerprint density at radius 3 is 2.20 bits per heavy atom. The lowest BCUT2D eigenvalue weighted by Gasteiger charge is -2.24. The number of nitrogens with zero attached hydrogens (tertiary/aromatic N) is 1. The molecule has 0 saturated heterocycles. The van der Waals surface area contributed by atoms with E-state index in [-0.39, 0.29) is 5.91 Å². The number of rotatable bonds is 5. The fourth-order valence-corrected chi connectivity index (χ4v) is 3.98. The molecule has 9 heteroatoms. The molecule has 35 heavy (non-hydrogen) atoms. The number of fused-ring (bicyclic) bond motifs is 3. The summed E-state index contributed by atoms with van der Waals surface area (Å²) in [4.78, 5) is 52.3. The van der Waals surface area contributed by atoms with Crippen molar-refractivity contribution in [3.63, 3.8) is 0 Å². The van der Waals surface area contributed by atoms with E-state index >= 15 is 0 Å². The first-order valence-corrected chi connectivity index (χ1v) is 10.7. The number of carbonyl (C=O) groups is 4. The average Bonchev–Trinajstić information content (AvgIpc) is 2.92. The maximum absolute atomic E-state index is 13.4. The summed E-state index contributed by atoms with van der Waals surface area (Å²) in [5.74, 6) is -5.54. The second-order valence-corrected chi connectivity index (χ2v) is 8.13. The van der Waals surface area contributed by atoms with Crippen LogP contribution in [0, 0.1) is 11.6 Å². The zero-order chi connectivity index (χ0) is 25.3. The van der Waals surface area contributed by atoms with Crippen LogP contribution in [0.5, 0.6) is 0 Å². The minimum absolute atomic E-state index is 0.388. The first-order valence-electron chi connectivity index (χ1n) is 10.7. The number of benzene rings is 3. The van der Waals surface area contributed by atoms with E-state index in [9.17, 15) is 28.0 Å². The molecule has 3 amide bonds. The lowest BCUT2D eigenvalue weighted by Crippen LogP contribution is -2.50. The first kappa shape index (κ1) is 23.7. The van der Waals surface area contributed by atoms with Crippen LogP contribution in [0.15, 0.2) is 66.7 Å². The quantitative estimate of drug-likeness (QED) is 0.436. The number of likely N-dealkylation sites (N-methyl/N-ethyl adjacent to an activating group) is 1. The summed E-state index contributed by atoms with van der Waals surface area (Å²) in [6.07, 6.45) is 0. The zero-order valence-corrected chi connectivity index (χ0v) is 18.8. The number of carbonyl (C=O) groups excluding carboxylic acids is 4. The summed E-state index contributed by atoms with van der Waals surface area (Å²) in [5.41, 5.74) is 2.36. The fourth-order valence-electron chi connectivity index (χ4n) is 3.98. The van der Waals surface area contributed by atoms with Crippen LogP contribution in [0.4, 0.5) is 14.5 Å². The van der Waals surface area contributed by atoms with Crippen molar-refractivity contribution in [1.29, 1.82) is 0 Å². The van der Waals surface area contributed by atoms with Gasteiger partial charge in [0.2, 0.25) is 11.7 Å². The monoisotopic (exact) mass is 477 g/mol. The van der Waals surface area contributed by atoms with Gasteiger partial charge >= 0.3 is 0 Å². The van der Waals surface area contributed by atoms with Crippen molar-refractivity contribution in [2.75, 3.05) is 11.9 Å². The Labute approximate surface area is 199 Å². The van der Waals surface area contributed by atoms with Gasteiger partial charge in [-0.3, -0.25) is 19.2 Å². The van der Waals surface area contributed by atoms with Gasteiger partial charge in [-0.1, -0.05) is 42.5 Å². The van der Waals surface area contributed by atoms with Crippen LogP contribution in [-0.2, 0) is 14.4 Å². The van der Waals surface area contributed by atoms with Crippen LogP contribution in [0.3, 0.4) is 0 Å². The van der Waals surface area contributed by atoms with Crippen molar-refractivity contribution in [3.8, 4) is 11.1 Å². The van der Waals surface area contributed by atoms with Gasteiger partial charge in [-0.25, -0.2) is 8.78 Å². The molecule has 0 bridgehead atoms. The summed E-state index contributed by atoms with van der Waals surface area (Å²) in [7, 11) is 1.61. The van der Waals surface area contributed by atoms with E-state index in [0.717, 1.165) is 23.3 Å². The first-order chi connectivity index (χ1) is 16.7. The predicted molar refractivity (Wildman–Crippen MR) is 124 cm³/mol. The largest absolute Gasteiger partial charge is 0.339 e. The van der Waals surface area contributed by atoms with E-state index in [4.69, 9.17) is 0 Å². The van der Waals surface area contributed by atoms with Gasteiger partial charge in [0.15, 0.2) is 0 Å². The molecule has 7 nitrogen and oxygen atoms in total. The Morgan fingerprint density at radius 2 is 1.51 bits per heavy atom. The van der Waals surface area contributed by atoms with Gasteiger partial charge in [-0.05, 0) is 36.2 Å². The smallest absolute Gasteiger partial charge is 0.293 e. The van der Waals surface area contributed by atoms with Crippen LogP contribution in [-0.4, -0.2) is 36.6 Å². The van der Waals surface area contributed by atoms with E-state index in [1.54, 1.807) is 25.2 Å². The molecule has 0 aliphatic carbocycles. The zero-order valence-electron chi connectivity index (χ0n) is 18.8. The number of halogens is 2. The highest BCUT2D eigenvalue weighted by Gasteiger charge is 2.34. The van der Waals surface area contributed by atoms with Crippen molar-refractivity contribution >= 4 is 29.2 Å². The molecule has 2 atom stereocenters. The summed E-state index contributed by atoms with van der Waals surface area (Å²) in [5, 5.41) is 4.87. The van der Waals surface area contributed by atoms with Crippen molar-refractivity contribution in [2.45, 2.75) is 19.0 Å². The van der Waals surface area contributed by atoms with E-state index in [1.165, 1.54) is 11.8 Å². The number of ketones is 1. The van der Waals surface area contributed by atoms with Crippen LogP contribution in [0.2, 0.25) is 0 Å². The highest BCUT2D eigenvalue weighted by molar-refractivity contribution is 6.43. The minimum atomic E-state index is -1.22. The van der Waals surface area contributed by atoms with E-state index in [1.807, 2.05) is 30.3 Å². The Bertz CT molecular complexity index is 1340. The molecule has 1 aliphatic heterocycles. The fraction of sp³-hybridized carbons (Fsp3) is 0.154. The molecule has 0 saturated carbocycles. The minimum Gasteiger partial charge on any atom is -0.339 e. The van der Waals surface area contributed by atoms with Gasteiger partial charge in [0, 0.05) is 24.2 Å². The average molecular weight is 477 g/mol. The Balaban J connectivity index is 1.54. The molecule has 2 N–H and O–H groups in total. The van der Waals surface area contributed by atoms with Crippen molar-refractivity contribution in [1.82, 2.24) is 10.6 Å². The van der Waals surface area contributed by atoms with Gasteiger partial charge < -0.3 is 15.5 Å². The third-order valence-electron chi connectivity index (χ3n) is 5.76. The third kappa shape index (κ3) is 4.65. The number of anilines is 1. The van der Waals surface area contributed by atoms with Gasteiger partial charge in [-0.2, -0.15) is 0 Å². The molecular formula is C26H21F2N3O4. The van der Waals surface area contributed by atoms with Crippen molar-refractivity contribution < 1.29 is 28.0 Å². The van der Waals surface area contributed by atoms with Gasteiger partial charge in [0.05, 0.1) is 5.69 Å². The van der Waals surface area contributed by atoms with E-state index < -0.39 is 46.9 Å². The number of amides is 3. The molecule has 0 radical (unpaired) electrons. The number of hydrogen-bond acceptors (Lipinski definition) is 4. The van der Waals surface area contributed by atoms with Gasteiger partial charge in [0.1, 0.15) is 23.7 Å². The third-order valence-corrected chi connectivity index (χ3v) is 5.76. The van der Waals surface area contributed by atoms with E-state index in [0.29, 0.717) is 17.3 Å². The summed E-state index contributed by atoms with van der Waals surface area (Å²) in [6.45, 7) is 1.33. The number of hydrogen-bond donors (Lipinski definition) is 2. The van der Waals surface area contributed by atoms with Crippen molar-refractivity contribution in [3.05, 3.63) is 89.5 Å². The molecule has 2 unspecified atom stereocenters. The van der Waals surface area contributed by atoms with Crippen LogP contribution < -0.4 is 15.5 Å². The van der Waals surface area contributed by atoms with Crippen molar-refractivity contribution in [2.24, 2.45) is 0 Å². The van der Waals surface area contributed by atoms with Gasteiger partial charge in [0.25, 0.3) is 11.8 Å². The highest BCUT2D eigenvalue weighted by Crippen LogP contribution is 2.39. The molecule has 3 aromatic rings. The molecule has 4 rings (SSSR count). The predicted octanol–water partition coefficient (Wildman–Crippen LogP) is 3.15. The standard InChI is InChI=1S/C26H21F2N3O4/c1-14(29-25(34)23(32)15-11-16(27)13-17(28)12-15)24(33)30-22-20-9-4-3-7-18(20)19-8-5-6-10-21(19)31(2)26(22)35/h3-14,22H,1-2H3,(H,29,34)(H,30,33). The van der Waals surface area contributed by atoms with Gasteiger partial charge in [-0.15, -0.1) is 0 Å². The van der Waals surface area contributed by atoms with Crippen LogP contribution in [0.1, 0.15) is 28.9 Å². The van der Waals surface area contributed by atoms with Crippen LogP contribution >= 0.6 is 0 Å². The molecular weight excluding hydrogens is 456 g/mol. The summed E-state index contributed by atoms with van der Waals surface area (Å²) < 4.78 is 26.8. The lowest BCUT2D eigenvalue weighted by atomic mass is 9.95. The molecule has 1 aliphatic rings. The Kier molecular flexibility index (Phi) is 6.42. The second kappa shape index (κ2) is 9.46.